The summed E-state index contributed by atoms with van der Waals surface area (Å²) in [6.07, 6.45) is 2.82. The molecule has 0 heterocycles. The number of benzene rings is 2. The second-order valence-corrected chi connectivity index (χ2v) is 9.92. The van der Waals surface area contributed by atoms with E-state index in [2.05, 4.69) is 5.32 Å². The Morgan fingerprint density at radius 3 is 2.25 bits per heavy atom. The molecule has 2 aromatic rings. The highest BCUT2D eigenvalue weighted by atomic mass is 35.5. The zero-order chi connectivity index (χ0) is 23.7. The van der Waals surface area contributed by atoms with Crippen LogP contribution < -0.4 is 9.62 Å². The Hall–Kier alpha value is -2.58. The van der Waals surface area contributed by atoms with Gasteiger partial charge in [0, 0.05) is 18.1 Å². The average Bonchev–Trinajstić information content (AvgIpc) is 2.76. The van der Waals surface area contributed by atoms with Crippen molar-refractivity contribution in [2.45, 2.75) is 39.3 Å². The summed E-state index contributed by atoms with van der Waals surface area (Å²) in [4.78, 5) is 27.4. The Kier molecular flexibility index (Phi) is 9.53. The minimum atomic E-state index is -3.72. The molecule has 0 spiro atoms. The first-order valence-corrected chi connectivity index (χ1v) is 12.7. The largest absolute Gasteiger partial charge is 0.354 e. The monoisotopic (exact) mass is 479 g/mol. The molecule has 0 aliphatic rings. The fourth-order valence-electron chi connectivity index (χ4n) is 3.11. The van der Waals surface area contributed by atoms with Crippen molar-refractivity contribution in [1.29, 1.82) is 0 Å². The van der Waals surface area contributed by atoms with E-state index in [1.54, 1.807) is 61.5 Å². The van der Waals surface area contributed by atoms with Crippen molar-refractivity contribution in [3.8, 4) is 0 Å². The summed E-state index contributed by atoms with van der Waals surface area (Å²) in [5, 5.41) is 3.40. The summed E-state index contributed by atoms with van der Waals surface area (Å²) in [5.41, 5.74) is 1.16. The molecule has 0 aromatic heterocycles. The van der Waals surface area contributed by atoms with Crippen LogP contribution in [-0.4, -0.2) is 50.5 Å². The molecule has 0 saturated carbocycles. The highest BCUT2D eigenvalue weighted by molar-refractivity contribution is 7.92. The summed E-state index contributed by atoms with van der Waals surface area (Å²) in [6, 6.07) is 14.6. The van der Waals surface area contributed by atoms with Gasteiger partial charge in [-0.15, -0.1) is 0 Å². The van der Waals surface area contributed by atoms with E-state index in [-0.39, 0.29) is 12.5 Å². The van der Waals surface area contributed by atoms with E-state index in [9.17, 15) is 18.0 Å². The standard InChI is InChI=1S/C23H30ClN3O4S/c1-4-5-15-25-23(29)18(2)26(16-19-11-13-20(24)14-12-19)22(28)17-27(32(3,30)31)21-9-7-6-8-10-21/h6-14,18H,4-5,15-17H2,1-3H3,(H,25,29)/t18-/m0/s1. The predicted octanol–water partition coefficient (Wildman–Crippen LogP) is 3.44. The lowest BCUT2D eigenvalue weighted by Crippen LogP contribution is -2.51. The Labute approximate surface area is 195 Å². The molecule has 0 unspecified atom stereocenters. The van der Waals surface area contributed by atoms with Crippen LogP contribution in [0.5, 0.6) is 0 Å². The minimum absolute atomic E-state index is 0.144. The molecule has 174 valence electrons. The first kappa shape index (κ1) is 25.7. The van der Waals surface area contributed by atoms with Crippen molar-refractivity contribution in [2.24, 2.45) is 0 Å². The van der Waals surface area contributed by atoms with Gasteiger partial charge < -0.3 is 10.2 Å². The molecule has 2 amide bonds. The van der Waals surface area contributed by atoms with Crippen molar-refractivity contribution in [1.82, 2.24) is 10.2 Å². The van der Waals surface area contributed by atoms with E-state index in [1.807, 2.05) is 6.92 Å². The molecule has 9 heteroatoms. The third kappa shape index (κ3) is 7.53. The van der Waals surface area contributed by atoms with Gasteiger partial charge in [0.2, 0.25) is 21.8 Å². The van der Waals surface area contributed by atoms with E-state index in [1.165, 1.54) is 4.90 Å². The lowest BCUT2D eigenvalue weighted by Gasteiger charge is -2.31. The summed E-state index contributed by atoms with van der Waals surface area (Å²) >= 11 is 5.96. The maximum atomic E-state index is 13.3. The normalized spacial score (nSPS) is 12.1. The SMILES string of the molecule is CCCCNC(=O)[C@H](C)N(Cc1ccc(Cl)cc1)C(=O)CN(c1ccccc1)S(C)(=O)=O. The summed E-state index contributed by atoms with van der Waals surface area (Å²) in [7, 11) is -3.72. The molecule has 32 heavy (non-hydrogen) atoms. The van der Waals surface area contributed by atoms with Gasteiger partial charge in [-0.2, -0.15) is 0 Å². The second kappa shape index (κ2) is 11.9. The topological polar surface area (TPSA) is 86.8 Å². The van der Waals surface area contributed by atoms with Crippen molar-refractivity contribution in [3.05, 3.63) is 65.2 Å². The minimum Gasteiger partial charge on any atom is -0.354 e. The van der Waals surface area contributed by atoms with Crippen molar-refractivity contribution in [3.63, 3.8) is 0 Å². The molecule has 0 fully saturated rings. The number of anilines is 1. The number of rotatable bonds is 11. The molecule has 0 bridgehead atoms. The quantitative estimate of drug-likeness (QED) is 0.500. The van der Waals surface area contributed by atoms with E-state index in [0.29, 0.717) is 17.3 Å². The molecule has 0 saturated heterocycles. The molecular weight excluding hydrogens is 450 g/mol. The fraction of sp³-hybridized carbons (Fsp3) is 0.391. The third-order valence-corrected chi connectivity index (χ3v) is 6.38. The van der Waals surface area contributed by atoms with Crippen LogP contribution >= 0.6 is 11.6 Å². The van der Waals surface area contributed by atoms with E-state index in [4.69, 9.17) is 11.6 Å². The van der Waals surface area contributed by atoms with E-state index >= 15 is 0 Å². The second-order valence-electron chi connectivity index (χ2n) is 7.57. The number of nitrogens with zero attached hydrogens (tertiary/aromatic N) is 2. The van der Waals surface area contributed by atoms with Gasteiger partial charge in [-0.1, -0.05) is 55.3 Å². The number of unbranched alkanes of at least 4 members (excludes halogenated alkanes) is 1. The lowest BCUT2D eigenvalue weighted by atomic mass is 10.1. The van der Waals surface area contributed by atoms with E-state index in [0.717, 1.165) is 29.0 Å². The number of halogens is 1. The first-order chi connectivity index (χ1) is 15.1. The van der Waals surface area contributed by atoms with Crippen LogP contribution in [0.4, 0.5) is 5.69 Å². The van der Waals surface area contributed by atoms with Crippen LogP contribution in [0.1, 0.15) is 32.3 Å². The van der Waals surface area contributed by atoms with Gasteiger partial charge in [-0.3, -0.25) is 13.9 Å². The Morgan fingerprint density at radius 1 is 1.06 bits per heavy atom. The Bertz CT molecular complexity index is 998. The maximum absolute atomic E-state index is 13.3. The van der Waals surface area contributed by atoms with Crippen LogP contribution in [0.15, 0.2) is 54.6 Å². The van der Waals surface area contributed by atoms with E-state index < -0.39 is 28.5 Å². The maximum Gasteiger partial charge on any atom is 0.244 e. The van der Waals surface area contributed by atoms with Crippen LogP contribution in [0.3, 0.4) is 0 Å². The molecular formula is C23H30ClN3O4S. The molecule has 0 radical (unpaired) electrons. The Morgan fingerprint density at radius 2 is 1.69 bits per heavy atom. The van der Waals surface area contributed by atoms with Crippen molar-refractivity contribution in [2.75, 3.05) is 23.7 Å². The van der Waals surface area contributed by atoms with Gasteiger partial charge >= 0.3 is 0 Å². The summed E-state index contributed by atoms with van der Waals surface area (Å²) in [5.74, 6) is -0.765. The van der Waals surface area contributed by atoms with Gasteiger partial charge in [0.1, 0.15) is 12.6 Å². The summed E-state index contributed by atoms with van der Waals surface area (Å²) in [6.45, 7) is 3.91. The molecule has 0 aliphatic carbocycles. The number of hydrogen-bond acceptors (Lipinski definition) is 4. The Balaban J connectivity index is 2.30. The van der Waals surface area contributed by atoms with Crippen molar-refractivity contribution < 1.29 is 18.0 Å². The highest BCUT2D eigenvalue weighted by Gasteiger charge is 2.29. The van der Waals surface area contributed by atoms with Gasteiger partial charge in [-0.05, 0) is 43.2 Å². The van der Waals surface area contributed by atoms with Gasteiger partial charge in [0.05, 0.1) is 11.9 Å². The zero-order valence-electron chi connectivity index (χ0n) is 18.6. The molecule has 1 atom stereocenters. The van der Waals surface area contributed by atoms with Gasteiger partial charge in [0.25, 0.3) is 0 Å². The molecule has 7 nitrogen and oxygen atoms in total. The first-order valence-electron chi connectivity index (χ1n) is 10.5. The average molecular weight is 480 g/mol. The lowest BCUT2D eigenvalue weighted by molar-refractivity contribution is -0.139. The van der Waals surface area contributed by atoms with Gasteiger partial charge in [0.15, 0.2) is 0 Å². The van der Waals surface area contributed by atoms with Crippen LogP contribution in [0, 0.1) is 0 Å². The summed E-state index contributed by atoms with van der Waals surface area (Å²) < 4.78 is 25.9. The smallest absolute Gasteiger partial charge is 0.244 e. The number of carbonyl (C=O) groups excluding carboxylic acids is 2. The van der Waals surface area contributed by atoms with Crippen molar-refractivity contribution >= 4 is 39.1 Å². The van der Waals surface area contributed by atoms with Crippen LogP contribution in [0.25, 0.3) is 0 Å². The fourth-order valence-corrected chi connectivity index (χ4v) is 4.09. The number of para-hydroxylation sites is 1. The zero-order valence-corrected chi connectivity index (χ0v) is 20.2. The molecule has 0 aliphatic heterocycles. The molecule has 1 N–H and O–H groups in total. The van der Waals surface area contributed by atoms with Crippen LogP contribution in [0.2, 0.25) is 5.02 Å². The third-order valence-electron chi connectivity index (χ3n) is 4.99. The number of hydrogen-bond donors (Lipinski definition) is 1. The van der Waals surface area contributed by atoms with Gasteiger partial charge in [-0.25, -0.2) is 8.42 Å². The highest BCUT2D eigenvalue weighted by Crippen LogP contribution is 2.19. The molecule has 2 aromatic carbocycles. The number of carbonyl (C=O) groups is 2. The number of nitrogens with one attached hydrogen (secondary N) is 1. The number of amides is 2. The molecule has 2 rings (SSSR count). The number of sulfonamides is 1. The predicted molar refractivity (Wildman–Crippen MR) is 128 cm³/mol. The van der Waals surface area contributed by atoms with Crippen LogP contribution in [-0.2, 0) is 26.2 Å².